The standard InChI is InChI=1S/C20H20FN3O2.H2S/c1-12-2-3-15(9-17(12)21)19-24-23-18(26-19)14-5-4-13-6-7-20(22,11-25)10-16(13)8-14;/h2-5,8-9,25H,6-7,10-11,22H2,1H3;1H2/t20-;/m0./s1. The Bertz CT molecular complexity index is 976. The van der Waals surface area contributed by atoms with E-state index in [1.54, 1.807) is 19.1 Å². The summed E-state index contributed by atoms with van der Waals surface area (Å²) in [6.07, 6.45) is 2.21. The van der Waals surface area contributed by atoms with Crippen molar-refractivity contribution in [1.29, 1.82) is 0 Å². The van der Waals surface area contributed by atoms with Crippen LogP contribution in [0.3, 0.4) is 0 Å². The van der Waals surface area contributed by atoms with Gasteiger partial charge in [-0.05, 0) is 67.1 Å². The predicted octanol–water partition coefficient (Wildman–Crippen LogP) is 3.14. The zero-order valence-corrected chi connectivity index (χ0v) is 16.0. The predicted molar refractivity (Wildman–Crippen MR) is 106 cm³/mol. The summed E-state index contributed by atoms with van der Waals surface area (Å²) in [6, 6.07) is 10.8. The number of hydrogen-bond donors (Lipinski definition) is 2. The van der Waals surface area contributed by atoms with Crippen molar-refractivity contribution >= 4 is 13.5 Å². The van der Waals surface area contributed by atoms with E-state index in [1.165, 1.54) is 11.6 Å². The molecule has 1 heterocycles. The molecule has 1 aliphatic rings. The van der Waals surface area contributed by atoms with Gasteiger partial charge in [-0.15, -0.1) is 10.2 Å². The van der Waals surface area contributed by atoms with Gasteiger partial charge in [-0.1, -0.05) is 12.1 Å². The maximum absolute atomic E-state index is 13.8. The van der Waals surface area contributed by atoms with Crippen LogP contribution in [0.1, 0.15) is 23.1 Å². The van der Waals surface area contributed by atoms with Gasteiger partial charge in [0.2, 0.25) is 11.8 Å². The third kappa shape index (κ3) is 3.76. The summed E-state index contributed by atoms with van der Waals surface area (Å²) in [5, 5.41) is 17.7. The number of fused-ring (bicyclic) bond motifs is 1. The van der Waals surface area contributed by atoms with Crippen LogP contribution in [0.2, 0.25) is 0 Å². The quantitative estimate of drug-likeness (QED) is 0.721. The average Bonchev–Trinajstić information content (AvgIpc) is 3.13. The normalized spacial score (nSPS) is 18.7. The molecule has 0 fully saturated rings. The van der Waals surface area contributed by atoms with Crippen LogP contribution in [0.25, 0.3) is 22.9 Å². The first-order valence-corrected chi connectivity index (χ1v) is 8.59. The van der Waals surface area contributed by atoms with Crippen molar-refractivity contribution in [2.75, 3.05) is 6.61 Å². The fraction of sp³-hybridized carbons (Fsp3) is 0.300. The monoisotopic (exact) mass is 387 g/mol. The molecule has 1 aromatic heterocycles. The van der Waals surface area contributed by atoms with Crippen LogP contribution in [0, 0.1) is 12.7 Å². The van der Waals surface area contributed by atoms with E-state index in [4.69, 9.17) is 10.2 Å². The number of halogens is 1. The summed E-state index contributed by atoms with van der Waals surface area (Å²) in [5.74, 6) is 0.348. The van der Waals surface area contributed by atoms with Gasteiger partial charge in [-0.25, -0.2) is 4.39 Å². The Balaban J connectivity index is 0.00000210. The molecule has 0 saturated heterocycles. The van der Waals surface area contributed by atoms with Gasteiger partial charge in [0, 0.05) is 16.7 Å². The second-order valence-electron chi connectivity index (χ2n) is 7.06. The third-order valence-electron chi connectivity index (χ3n) is 5.05. The van der Waals surface area contributed by atoms with Crippen molar-refractivity contribution < 1.29 is 13.9 Å². The second kappa shape index (κ2) is 7.42. The number of aliphatic hydroxyl groups is 1. The molecular formula is C20H22FN3O2S. The fourth-order valence-corrected chi connectivity index (χ4v) is 3.34. The van der Waals surface area contributed by atoms with Gasteiger partial charge in [0.1, 0.15) is 5.82 Å². The van der Waals surface area contributed by atoms with Crippen molar-refractivity contribution in [3.63, 3.8) is 0 Å². The molecule has 4 rings (SSSR count). The summed E-state index contributed by atoms with van der Waals surface area (Å²) in [5.41, 5.74) is 9.87. The lowest BCUT2D eigenvalue weighted by atomic mass is 9.78. The van der Waals surface area contributed by atoms with Crippen molar-refractivity contribution in [2.24, 2.45) is 5.73 Å². The Morgan fingerprint density at radius 3 is 2.44 bits per heavy atom. The van der Waals surface area contributed by atoms with Crippen LogP contribution >= 0.6 is 13.5 Å². The highest BCUT2D eigenvalue weighted by Crippen LogP contribution is 2.31. The summed E-state index contributed by atoms with van der Waals surface area (Å²) < 4.78 is 19.5. The molecule has 5 nitrogen and oxygen atoms in total. The molecular weight excluding hydrogens is 365 g/mol. The van der Waals surface area contributed by atoms with Crippen LogP contribution in [0.5, 0.6) is 0 Å². The molecule has 0 unspecified atom stereocenters. The largest absolute Gasteiger partial charge is 0.416 e. The van der Waals surface area contributed by atoms with Crippen molar-refractivity contribution in [2.45, 2.75) is 31.7 Å². The summed E-state index contributed by atoms with van der Waals surface area (Å²) >= 11 is 0. The molecule has 3 aromatic rings. The smallest absolute Gasteiger partial charge is 0.248 e. The number of nitrogens with zero attached hydrogens (tertiary/aromatic N) is 2. The van der Waals surface area contributed by atoms with Gasteiger partial charge in [-0.3, -0.25) is 0 Å². The van der Waals surface area contributed by atoms with Crippen molar-refractivity contribution in [3.05, 3.63) is 58.9 Å². The van der Waals surface area contributed by atoms with Gasteiger partial charge in [0.15, 0.2) is 0 Å². The lowest BCUT2D eigenvalue weighted by Gasteiger charge is -2.33. The van der Waals surface area contributed by atoms with E-state index in [2.05, 4.69) is 10.2 Å². The van der Waals surface area contributed by atoms with Crippen LogP contribution in [0.4, 0.5) is 4.39 Å². The van der Waals surface area contributed by atoms with E-state index in [0.29, 0.717) is 23.4 Å². The van der Waals surface area contributed by atoms with E-state index >= 15 is 0 Å². The highest BCUT2D eigenvalue weighted by Gasteiger charge is 2.30. The Labute approximate surface area is 163 Å². The number of aromatic nitrogens is 2. The molecule has 1 aliphatic carbocycles. The molecule has 0 amide bonds. The first kappa shape index (κ1) is 19.5. The molecule has 0 saturated carbocycles. The molecule has 3 N–H and O–H groups in total. The summed E-state index contributed by atoms with van der Waals surface area (Å²) in [7, 11) is 0. The first-order valence-electron chi connectivity index (χ1n) is 8.59. The molecule has 0 bridgehead atoms. The zero-order valence-electron chi connectivity index (χ0n) is 15.0. The van der Waals surface area contributed by atoms with Gasteiger partial charge in [0.05, 0.1) is 6.61 Å². The number of benzene rings is 2. The maximum atomic E-state index is 13.8. The van der Waals surface area contributed by atoms with E-state index in [1.807, 2.05) is 18.2 Å². The molecule has 1 atom stereocenters. The molecule has 27 heavy (non-hydrogen) atoms. The number of aryl methyl sites for hydroxylation is 2. The fourth-order valence-electron chi connectivity index (χ4n) is 3.34. The molecule has 0 spiro atoms. The highest BCUT2D eigenvalue weighted by atomic mass is 32.1. The minimum absolute atomic E-state index is 0. The summed E-state index contributed by atoms with van der Waals surface area (Å²) in [4.78, 5) is 0. The van der Waals surface area contributed by atoms with E-state index in [9.17, 15) is 9.50 Å². The maximum Gasteiger partial charge on any atom is 0.248 e. The SMILES string of the molecule is Cc1ccc(-c2nnc(-c3ccc4c(c3)C[C@](N)(CO)CC4)o2)cc1F.S. The average molecular weight is 387 g/mol. The highest BCUT2D eigenvalue weighted by molar-refractivity contribution is 7.59. The molecule has 0 radical (unpaired) electrons. The third-order valence-corrected chi connectivity index (χ3v) is 5.05. The van der Waals surface area contributed by atoms with E-state index in [0.717, 1.165) is 24.0 Å². The van der Waals surface area contributed by atoms with E-state index in [-0.39, 0.29) is 31.8 Å². The number of aliphatic hydroxyl groups excluding tert-OH is 1. The summed E-state index contributed by atoms with van der Waals surface area (Å²) in [6.45, 7) is 1.66. The minimum atomic E-state index is -0.578. The van der Waals surface area contributed by atoms with Gasteiger partial charge < -0.3 is 15.3 Å². The Hall–Kier alpha value is -2.22. The topological polar surface area (TPSA) is 85.2 Å². The van der Waals surface area contributed by atoms with Crippen LogP contribution in [-0.2, 0) is 12.8 Å². The molecule has 0 aliphatic heterocycles. The van der Waals surface area contributed by atoms with Crippen LogP contribution < -0.4 is 5.73 Å². The van der Waals surface area contributed by atoms with Gasteiger partial charge >= 0.3 is 0 Å². The lowest BCUT2D eigenvalue weighted by Crippen LogP contribution is -2.48. The number of nitrogens with two attached hydrogens (primary N) is 1. The number of rotatable bonds is 3. The van der Waals surface area contributed by atoms with Gasteiger partial charge in [-0.2, -0.15) is 13.5 Å². The Morgan fingerprint density at radius 2 is 1.78 bits per heavy atom. The zero-order chi connectivity index (χ0) is 18.3. The lowest BCUT2D eigenvalue weighted by molar-refractivity contribution is 0.181. The van der Waals surface area contributed by atoms with Gasteiger partial charge in [0.25, 0.3) is 0 Å². The number of hydrogen-bond acceptors (Lipinski definition) is 5. The van der Waals surface area contributed by atoms with Crippen molar-refractivity contribution in [3.8, 4) is 22.9 Å². The van der Waals surface area contributed by atoms with E-state index < -0.39 is 5.54 Å². The Kier molecular flexibility index (Phi) is 5.37. The van der Waals surface area contributed by atoms with Crippen molar-refractivity contribution in [1.82, 2.24) is 10.2 Å². The molecule has 2 aromatic carbocycles. The minimum Gasteiger partial charge on any atom is -0.416 e. The molecule has 7 heteroatoms. The van der Waals surface area contributed by atoms with Crippen LogP contribution in [0.15, 0.2) is 40.8 Å². The first-order chi connectivity index (χ1) is 12.5. The Morgan fingerprint density at radius 1 is 1.11 bits per heavy atom. The van der Waals surface area contributed by atoms with Crippen LogP contribution in [-0.4, -0.2) is 27.4 Å². The second-order valence-corrected chi connectivity index (χ2v) is 7.06. The molecule has 142 valence electrons.